The van der Waals surface area contributed by atoms with Crippen LogP contribution < -0.4 is 10.1 Å². The third-order valence-electron chi connectivity index (χ3n) is 3.98. The molecule has 0 aromatic heterocycles. The van der Waals surface area contributed by atoms with Crippen LogP contribution in [0.5, 0.6) is 5.75 Å². The molecule has 20 heavy (non-hydrogen) atoms. The molecule has 1 saturated carbocycles. The minimum absolute atomic E-state index is 0.318. The van der Waals surface area contributed by atoms with Crippen LogP contribution in [0.25, 0.3) is 0 Å². The van der Waals surface area contributed by atoms with Crippen LogP contribution in [-0.2, 0) is 4.79 Å². The van der Waals surface area contributed by atoms with Gasteiger partial charge in [-0.05, 0) is 37.8 Å². The van der Waals surface area contributed by atoms with Gasteiger partial charge < -0.3 is 20.3 Å². The average molecular weight is 279 g/mol. The fourth-order valence-electron chi connectivity index (χ4n) is 2.63. The third-order valence-corrected chi connectivity index (χ3v) is 3.98. The van der Waals surface area contributed by atoms with E-state index in [-0.39, 0.29) is 5.92 Å². The maximum atomic E-state index is 10.9. The number of hydrogen-bond acceptors (Lipinski definition) is 4. The number of carboxylic acids is 1. The summed E-state index contributed by atoms with van der Waals surface area (Å²) in [5, 5.41) is 22.7. The van der Waals surface area contributed by atoms with E-state index in [0.29, 0.717) is 32.2 Å². The molecule has 1 fully saturated rings. The Morgan fingerprint density at radius 1 is 1.40 bits per heavy atom. The lowest BCUT2D eigenvalue weighted by Crippen LogP contribution is -2.41. The lowest BCUT2D eigenvalue weighted by Gasteiger charge is -2.35. The number of nitrogens with one attached hydrogen (secondary N) is 1. The van der Waals surface area contributed by atoms with Crippen LogP contribution in [0, 0.1) is 5.92 Å². The quantitative estimate of drug-likeness (QED) is 0.769. The second-order valence-electron chi connectivity index (χ2n) is 5.39. The van der Waals surface area contributed by atoms with E-state index in [1.54, 1.807) is 7.11 Å². The Labute approximate surface area is 118 Å². The first kappa shape index (κ1) is 14.7. The molecule has 0 radical (unpaired) electrons. The number of para-hydroxylation sites is 2. The zero-order valence-electron chi connectivity index (χ0n) is 11.6. The molecule has 0 unspecified atom stereocenters. The van der Waals surface area contributed by atoms with Crippen molar-refractivity contribution >= 4 is 11.7 Å². The monoisotopic (exact) mass is 279 g/mol. The lowest BCUT2D eigenvalue weighted by atomic mass is 9.79. The van der Waals surface area contributed by atoms with Crippen LogP contribution in [0.15, 0.2) is 24.3 Å². The van der Waals surface area contributed by atoms with Crippen molar-refractivity contribution in [2.45, 2.75) is 31.3 Å². The van der Waals surface area contributed by atoms with Crippen LogP contribution in [0.3, 0.4) is 0 Å². The van der Waals surface area contributed by atoms with E-state index in [1.165, 1.54) is 0 Å². The second kappa shape index (κ2) is 6.13. The smallest absolute Gasteiger partial charge is 0.306 e. The Balaban J connectivity index is 1.92. The minimum atomic E-state index is -0.840. The van der Waals surface area contributed by atoms with Crippen molar-refractivity contribution in [1.29, 1.82) is 0 Å². The fraction of sp³-hybridized carbons (Fsp3) is 0.533. The Morgan fingerprint density at radius 3 is 2.65 bits per heavy atom. The predicted molar refractivity (Wildman–Crippen MR) is 76.0 cm³/mol. The van der Waals surface area contributed by atoms with Crippen LogP contribution in [0.1, 0.15) is 25.7 Å². The summed E-state index contributed by atoms with van der Waals surface area (Å²) in [7, 11) is 1.60. The van der Waals surface area contributed by atoms with Crippen molar-refractivity contribution in [3.63, 3.8) is 0 Å². The van der Waals surface area contributed by atoms with E-state index < -0.39 is 11.6 Å². The maximum Gasteiger partial charge on any atom is 0.306 e. The molecule has 5 nitrogen and oxygen atoms in total. The van der Waals surface area contributed by atoms with Gasteiger partial charge in [0, 0.05) is 6.54 Å². The van der Waals surface area contributed by atoms with Crippen molar-refractivity contribution in [3.8, 4) is 5.75 Å². The molecule has 1 aromatic rings. The first-order chi connectivity index (χ1) is 9.54. The molecule has 0 amide bonds. The van der Waals surface area contributed by atoms with Gasteiger partial charge in [-0.1, -0.05) is 12.1 Å². The first-order valence-electron chi connectivity index (χ1n) is 6.86. The molecule has 3 N–H and O–H groups in total. The number of methoxy groups -OCH3 is 1. The highest BCUT2D eigenvalue weighted by molar-refractivity contribution is 5.70. The summed E-state index contributed by atoms with van der Waals surface area (Å²) in [5.41, 5.74) is -0.00364. The SMILES string of the molecule is COc1ccccc1NCC1(O)CCC(C(=O)O)CC1. The molecular weight excluding hydrogens is 258 g/mol. The van der Waals surface area contributed by atoms with Crippen molar-refractivity contribution in [1.82, 2.24) is 0 Å². The Morgan fingerprint density at radius 2 is 2.05 bits per heavy atom. The number of ether oxygens (including phenoxy) is 1. The van der Waals surface area contributed by atoms with Crippen molar-refractivity contribution in [2.24, 2.45) is 5.92 Å². The van der Waals surface area contributed by atoms with Crippen LogP contribution in [-0.4, -0.2) is 35.4 Å². The number of carboxylic acid groups (broad SMARTS) is 1. The summed E-state index contributed by atoms with van der Waals surface area (Å²) in [6.45, 7) is 0.402. The summed E-state index contributed by atoms with van der Waals surface area (Å²) in [5.74, 6) is -0.346. The Hall–Kier alpha value is -1.75. The molecule has 1 aliphatic carbocycles. The number of rotatable bonds is 5. The normalized spacial score (nSPS) is 26.0. The van der Waals surface area contributed by atoms with Gasteiger partial charge in [-0.3, -0.25) is 4.79 Å². The lowest BCUT2D eigenvalue weighted by molar-refractivity contribution is -0.144. The standard InChI is InChI=1S/C15H21NO4/c1-20-13-5-3-2-4-12(13)16-10-15(19)8-6-11(7-9-15)14(17)18/h2-5,11,16,19H,6-10H2,1H3,(H,17,18). The molecule has 0 aliphatic heterocycles. The summed E-state index contributed by atoms with van der Waals surface area (Å²) >= 11 is 0. The summed E-state index contributed by atoms with van der Waals surface area (Å²) in [4.78, 5) is 10.9. The van der Waals surface area contributed by atoms with Gasteiger partial charge in [-0.25, -0.2) is 0 Å². The highest BCUT2D eigenvalue weighted by atomic mass is 16.5. The van der Waals surface area contributed by atoms with Gasteiger partial charge in [-0.2, -0.15) is 0 Å². The molecule has 110 valence electrons. The third kappa shape index (κ3) is 3.42. The van der Waals surface area contributed by atoms with E-state index >= 15 is 0 Å². The molecule has 0 spiro atoms. The highest BCUT2D eigenvalue weighted by Crippen LogP contribution is 2.33. The zero-order chi connectivity index (χ0) is 14.6. The topological polar surface area (TPSA) is 78.8 Å². The van der Waals surface area contributed by atoms with Gasteiger partial charge in [-0.15, -0.1) is 0 Å². The van der Waals surface area contributed by atoms with Gasteiger partial charge in [0.25, 0.3) is 0 Å². The Bertz CT molecular complexity index is 467. The highest BCUT2D eigenvalue weighted by Gasteiger charge is 2.35. The minimum Gasteiger partial charge on any atom is -0.495 e. The van der Waals surface area contributed by atoms with Crippen molar-refractivity contribution in [2.75, 3.05) is 19.0 Å². The molecular formula is C15H21NO4. The number of aliphatic hydroxyl groups is 1. The number of anilines is 1. The molecule has 0 saturated heterocycles. The van der Waals surface area contributed by atoms with Gasteiger partial charge in [0.15, 0.2) is 0 Å². The van der Waals surface area contributed by atoms with Crippen molar-refractivity contribution < 1.29 is 19.7 Å². The molecule has 0 atom stereocenters. The van der Waals surface area contributed by atoms with Gasteiger partial charge in [0.05, 0.1) is 24.3 Å². The van der Waals surface area contributed by atoms with E-state index in [4.69, 9.17) is 9.84 Å². The first-order valence-corrected chi connectivity index (χ1v) is 6.86. The molecule has 1 aromatic carbocycles. The maximum absolute atomic E-state index is 10.9. The van der Waals surface area contributed by atoms with Gasteiger partial charge >= 0.3 is 5.97 Å². The average Bonchev–Trinajstić information content (AvgIpc) is 2.46. The Kier molecular flexibility index (Phi) is 4.49. The number of aliphatic carboxylic acids is 1. The number of hydrogen-bond donors (Lipinski definition) is 3. The molecule has 2 rings (SSSR count). The summed E-state index contributed by atoms with van der Waals surface area (Å²) in [6, 6.07) is 7.53. The van der Waals surface area contributed by atoms with E-state index in [9.17, 15) is 9.90 Å². The molecule has 0 bridgehead atoms. The predicted octanol–water partition coefficient (Wildman–Crippen LogP) is 2.11. The zero-order valence-corrected chi connectivity index (χ0v) is 11.6. The summed E-state index contributed by atoms with van der Waals surface area (Å²) in [6.07, 6.45) is 2.07. The fourth-order valence-corrected chi connectivity index (χ4v) is 2.63. The van der Waals surface area contributed by atoms with Crippen LogP contribution in [0.2, 0.25) is 0 Å². The van der Waals surface area contributed by atoms with Crippen molar-refractivity contribution in [3.05, 3.63) is 24.3 Å². The second-order valence-corrected chi connectivity index (χ2v) is 5.39. The van der Waals surface area contributed by atoms with E-state index in [2.05, 4.69) is 5.32 Å². The van der Waals surface area contributed by atoms with Crippen LogP contribution in [0.4, 0.5) is 5.69 Å². The number of carbonyl (C=O) groups is 1. The van der Waals surface area contributed by atoms with Gasteiger partial charge in [0.1, 0.15) is 5.75 Å². The molecule has 1 aliphatic rings. The molecule has 0 heterocycles. The number of benzene rings is 1. The summed E-state index contributed by atoms with van der Waals surface area (Å²) < 4.78 is 5.24. The van der Waals surface area contributed by atoms with E-state index in [0.717, 1.165) is 11.4 Å². The van der Waals surface area contributed by atoms with Crippen LogP contribution >= 0.6 is 0 Å². The molecule has 5 heteroatoms. The van der Waals surface area contributed by atoms with Gasteiger partial charge in [0.2, 0.25) is 0 Å². The largest absolute Gasteiger partial charge is 0.495 e. The van der Waals surface area contributed by atoms with E-state index in [1.807, 2.05) is 24.3 Å².